The summed E-state index contributed by atoms with van der Waals surface area (Å²) in [5.41, 5.74) is 2.24. The molecule has 0 radical (unpaired) electrons. The number of hydrogen-bond acceptors (Lipinski definition) is 4. The molecule has 0 spiro atoms. The maximum absolute atomic E-state index is 12.5. The highest BCUT2D eigenvalue weighted by Gasteiger charge is 2.19. The number of benzene rings is 2. The smallest absolute Gasteiger partial charge is 0.253 e. The number of sulfonamides is 1. The minimum Gasteiger partial charge on any atom is -0.348 e. The van der Waals surface area contributed by atoms with Gasteiger partial charge in [0.15, 0.2) is 0 Å². The monoisotopic (exact) mass is 423 g/mol. The van der Waals surface area contributed by atoms with E-state index in [0.717, 1.165) is 12.1 Å². The second kappa shape index (κ2) is 9.52. The van der Waals surface area contributed by atoms with Crippen LogP contribution in [0.1, 0.15) is 35.3 Å². The number of carbonyl (C=O) groups is 1. The molecule has 0 unspecified atom stereocenters. The van der Waals surface area contributed by atoms with Gasteiger partial charge in [-0.2, -0.15) is 0 Å². The Morgan fingerprint density at radius 1 is 1.07 bits per heavy atom. The first-order valence-electron chi connectivity index (χ1n) is 8.91. The van der Waals surface area contributed by atoms with Crippen LogP contribution in [0.5, 0.6) is 0 Å². The average Bonchev–Trinajstić information content (AvgIpc) is 2.59. The normalized spacial score (nSPS) is 11.8. The summed E-state index contributed by atoms with van der Waals surface area (Å²) < 4.78 is 27.1. The molecule has 0 aliphatic carbocycles. The Hall–Kier alpha value is -1.93. The lowest BCUT2D eigenvalue weighted by molar-refractivity contribution is 0.0951. The average molecular weight is 424 g/mol. The molecule has 2 aromatic carbocycles. The maximum atomic E-state index is 12.5. The molecule has 2 N–H and O–H groups in total. The highest BCUT2D eigenvalue weighted by Crippen LogP contribution is 2.21. The van der Waals surface area contributed by atoms with Crippen LogP contribution >= 0.6 is 11.6 Å². The van der Waals surface area contributed by atoms with Crippen molar-refractivity contribution in [3.63, 3.8) is 0 Å². The SMILES string of the molecule is CC(C)NS(=O)(=O)c1ccc(Cl)c(C(=O)NCc2ccc(CN(C)C)cc2)c1. The molecule has 8 heteroatoms. The fourth-order valence-electron chi connectivity index (χ4n) is 2.63. The van der Waals surface area contributed by atoms with E-state index in [1.54, 1.807) is 13.8 Å². The van der Waals surface area contributed by atoms with Gasteiger partial charge < -0.3 is 10.2 Å². The zero-order chi connectivity index (χ0) is 20.9. The molecule has 0 aliphatic rings. The van der Waals surface area contributed by atoms with Gasteiger partial charge in [-0.15, -0.1) is 0 Å². The van der Waals surface area contributed by atoms with Gasteiger partial charge in [-0.05, 0) is 57.3 Å². The van der Waals surface area contributed by atoms with Crippen molar-refractivity contribution >= 4 is 27.5 Å². The van der Waals surface area contributed by atoms with Gasteiger partial charge in [0.25, 0.3) is 5.91 Å². The number of nitrogens with zero attached hydrogens (tertiary/aromatic N) is 1. The van der Waals surface area contributed by atoms with E-state index in [9.17, 15) is 13.2 Å². The molecule has 2 rings (SSSR count). The van der Waals surface area contributed by atoms with Crippen LogP contribution in [0.2, 0.25) is 5.02 Å². The van der Waals surface area contributed by atoms with E-state index >= 15 is 0 Å². The summed E-state index contributed by atoms with van der Waals surface area (Å²) in [5.74, 6) is -0.427. The zero-order valence-electron chi connectivity index (χ0n) is 16.5. The summed E-state index contributed by atoms with van der Waals surface area (Å²) >= 11 is 6.12. The van der Waals surface area contributed by atoms with Gasteiger partial charge in [0, 0.05) is 19.1 Å². The van der Waals surface area contributed by atoms with Crippen LogP contribution in [-0.4, -0.2) is 39.4 Å². The second-order valence-corrected chi connectivity index (χ2v) is 9.28. The molecule has 0 atom stereocenters. The van der Waals surface area contributed by atoms with E-state index < -0.39 is 15.9 Å². The summed E-state index contributed by atoms with van der Waals surface area (Å²) in [6, 6.07) is 11.8. The van der Waals surface area contributed by atoms with E-state index in [-0.39, 0.29) is 21.5 Å². The van der Waals surface area contributed by atoms with Crippen LogP contribution in [-0.2, 0) is 23.1 Å². The first-order valence-corrected chi connectivity index (χ1v) is 10.8. The molecule has 28 heavy (non-hydrogen) atoms. The van der Waals surface area contributed by atoms with Crippen molar-refractivity contribution in [3.8, 4) is 0 Å². The highest BCUT2D eigenvalue weighted by atomic mass is 35.5. The minimum atomic E-state index is -3.71. The molecule has 0 saturated carbocycles. The first-order chi connectivity index (χ1) is 13.1. The molecule has 0 fully saturated rings. The Kier molecular flexibility index (Phi) is 7.60. The lowest BCUT2D eigenvalue weighted by Gasteiger charge is -2.12. The summed E-state index contributed by atoms with van der Waals surface area (Å²) in [5, 5.41) is 2.98. The highest BCUT2D eigenvalue weighted by molar-refractivity contribution is 7.89. The zero-order valence-corrected chi connectivity index (χ0v) is 18.1. The third kappa shape index (κ3) is 6.31. The fraction of sp³-hybridized carbons (Fsp3) is 0.350. The van der Waals surface area contributed by atoms with Crippen LogP contribution < -0.4 is 10.0 Å². The van der Waals surface area contributed by atoms with E-state index in [1.165, 1.54) is 23.8 Å². The molecule has 1 amide bonds. The lowest BCUT2D eigenvalue weighted by Crippen LogP contribution is -2.30. The third-order valence-electron chi connectivity index (χ3n) is 3.86. The molecular weight excluding hydrogens is 398 g/mol. The second-order valence-electron chi connectivity index (χ2n) is 7.15. The predicted molar refractivity (Wildman–Crippen MR) is 112 cm³/mol. The van der Waals surface area contributed by atoms with Gasteiger partial charge in [0.1, 0.15) is 0 Å². The van der Waals surface area contributed by atoms with E-state index in [1.807, 2.05) is 38.4 Å². The van der Waals surface area contributed by atoms with Crippen LogP contribution in [0, 0.1) is 0 Å². The maximum Gasteiger partial charge on any atom is 0.253 e. The van der Waals surface area contributed by atoms with E-state index in [4.69, 9.17) is 11.6 Å². The van der Waals surface area contributed by atoms with Crippen LogP contribution in [0.15, 0.2) is 47.4 Å². The Morgan fingerprint density at radius 2 is 1.68 bits per heavy atom. The van der Waals surface area contributed by atoms with E-state index in [2.05, 4.69) is 14.9 Å². The molecule has 0 heterocycles. The van der Waals surface area contributed by atoms with Crippen molar-refractivity contribution in [1.82, 2.24) is 14.9 Å². The number of rotatable bonds is 8. The number of nitrogens with one attached hydrogen (secondary N) is 2. The molecule has 0 aliphatic heterocycles. The van der Waals surface area contributed by atoms with Gasteiger partial charge in [0.05, 0.1) is 15.5 Å². The standard InChI is InChI=1S/C20H26ClN3O3S/c1-14(2)23-28(26,27)17-9-10-19(21)18(11-17)20(25)22-12-15-5-7-16(8-6-15)13-24(3)4/h5-11,14,23H,12-13H2,1-4H3,(H,22,25). The summed E-state index contributed by atoms with van der Waals surface area (Å²) in [6.07, 6.45) is 0. The largest absolute Gasteiger partial charge is 0.348 e. The summed E-state index contributed by atoms with van der Waals surface area (Å²) in [4.78, 5) is 14.6. The van der Waals surface area contributed by atoms with Crippen molar-refractivity contribution < 1.29 is 13.2 Å². The summed E-state index contributed by atoms with van der Waals surface area (Å²) in [6.45, 7) is 4.61. The molecule has 0 saturated heterocycles. The molecule has 152 valence electrons. The number of hydrogen-bond donors (Lipinski definition) is 2. The predicted octanol–water partition coefficient (Wildman–Crippen LogP) is 3.02. The quantitative estimate of drug-likeness (QED) is 0.684. The molecular formula is C20H26ClN3O3S. The van der Waals surface area contributed by atoms with Gasteiger partial charge in [0.2, 0.25) is 10.0 Å². The lowest BCUT2D eigenvalue weighted by atomic mass is 10.1. The van der Waals surface area contributed by atoms with Crippen LogP contribution in [0.3, 0.4) is 0 Å². The van der Waals surface area contributed by atoms with Crippen molar-refractivity contribution in [1.29, 1.82) is 0 Å². The van der Waals surface area contributed by atoms with Gasteiger partial charge >= 0.3 is 0 Å². The molecule has 6 nitrogen and oxygen atoms in total. The molecule has 2 aromatic rings. The Balaban J connectivity index is 2.10. The van der Waals surface area contributed by atoms with Crippen LogP contribution in [0.4, 0.5) is 0 Å². The Bertz CT molecular complexity index is 926. The number of amides is 1. The molecule has 0 bridgehead atoms. The van der Waals surface area contributed by atoms with Gasteiger partial charge in [-0.3, -0.25) is 4.79 Å². The van der Waals surface area contributed by atoms with Crippen LogP contribution in [0.25, 0.3) is 0 Å². The number of halogens is 1. The van der Waals surface area contributed by atoms with Crippen molar-refractivity contribution in [2.75, 3.05) is 14.1 Å². The Morgan fingerprint density at radius 3 is 2.25 bits per heavy atom. The topological polar surface area (TPSA) is 78.5 Å². The van der Waals surface area contributed by atoms with Crippen molar-refractivity contribution in [2.45, 2.75) is 37.9 Å². The minimum absolute atomic E-state index is 0.00351. The van der Waals surface area contributed by atoms with Crippen molar-refractivity contribution in [3.05, 3.63) is 64.2 Å². The van der Waals surface area contributed by atoms with Crippen molar-refractivity contribution in [2.24, 2.45) is 0 Å². The first kappa shape index (κ1) is 22.4. The third-order valence-corrected chi connectivity index (χ3v) is 5.84. The summed E-state index contributed by atoms with van der Waals surface area (Å²) in [7, 11) is 0.299. The van der Waals surface area contributed by atoms with Gasteiger partial charge in [-0.1, -0.05) is 35.9 Å². The van der Waals surface area contributed by atoms with Gasteiger partial charge in [-0.25, -0.2) is 13.1 Å². The van der Waals surface area contributed by atoms with E-state index in [0.29, 0.717) is 6.54 Å². The molecule has 0 aromatic heterocycles. The Labute approximate surface area is 171 Å². The number of carbonyl (C=O) groups excluding carboxylic acids is 1. The fourth-order valence-corrected chi connectivity index (χ4v) is 4.11.